The van der Waals surface area contributed by atoms with E-state index >= 15 is 0 Å². The van der Waals surface area contributed by atoms with Crippen LogP contribution in [0.25, 0.3) is 0 Å². The van der Waals surface area contributed by atoms with Gasteiger partial charge in [-0.2, -0.15) is 0 Å². The van der Waals surface area contributed by atoms with Crippen molar-refractivity contribution in [3.05, 3.63) is 34.9 Å². The molecule has 0 amide bonds. The van der Waals surface area contributed by atoms with Gasteiger partial charge >= 0.3 is 5.97 Å². The first-order chi connectivity index (χ1) is 7.46. The smallest absolute Gasteiger partial charge is 0.338 e. The van der Waals surface area contributed by atoms with Gasteiger partial charge in [-0.25, -0.2) is 4.79 Å². The first kappa shape index (κ1) is 10.9. The van der Waals surface area contributed by atoms with Crippen LogP contribution < -0.4 is 0 Å². The van der Waals surface area contributed by atoms with Gasteiger partial charge in [0.1, 0.15) is 5.60 Å². The normalized spacial score (nSPS) is 13.7. The summed E-state index contributed by atoms with van der Waals surface area (Å²) in [7, 11) is 0. The summed E-state index contributed by atoms with van der Waals surface area (Å²) in [6, 6.07) is 5.56. The number of rotatable bonds is 1. The molecule has 0 bridgehead atoms. The van der Waals surface area contributed by atoms with Crippen LogP contribution in [0.4, 0.5) is 0 Å². The zero-order chi connectivity index (χ0) is 11.8. The van der Waals surface area contributed by atoms with E-state index in [1.807, 2.05) is 32.9 Å². The van der Waals surface area contributed by atoms with Gasteiger partial charge in [0.25, 0.3) is 0 Å². The zero-order valence-electron chi connectivity index (χ0n) is 9.78. The largest absolute Gasteiger partial charge is 0.456 e. The predicted molar refractivity (Wildman–Crippen MR) is 62.9 cm³/mol. The van der Waals surface area contributed by atoms with Crippen molar-refractivity contribution in [2.24, 2.45) is 4.99 Å². The van der Waals surface area contributed by atoms with Crippen molar-refractivity contribution < 1.29 is 9.53 Å². The molecule has 0 saturated carbocycles. The third-order valence-corrected chi connectivity index (χ3v) is 2.27. The number of fused-ring (bicyclic) bond motifs is 1. The van der Waals surface area contributed by atoms with Gasteiger partial charge in [-0.1, -0.05) is 6.07 Å². The van der Waals surface area contributed by atoms with Gasteiger partial charge in [-0.3, -0.25) is 4.99 Å². The Morgan fingerprint density at radius 1 is 1.38 bits per heavy atom. The highest BCUT2D eigenvalue weighted by Crippen LogP contribution is 2.18. The minimum atomic E-state index is -0.454. The summed E-state index contributed by atoms with van der Waals surface area (Å²) < 4.78 is 5.30. The first-order valence-corrected chi connectivity index (χ1v) is 5.32. The molecule has 0 N–H and O–H groups in total. The molecule has 0 radical (unpaired) electrons. The minimum absolute atomic E-state index is 0.282. The highest BCUT2D eigenvalue weighted by molar-refractivity contribution is 5.94. The number of nitrogens with zero attached hydrogens (tertiary/aromatic N) is 1. The minimum Gasteiger partial charge on any atom is -0.456 e. The lowest BCUT2D eigenvalue weighted by atomic mass is 10.1. The molecule has 2 rings (SSSR count). The molecule has 0 fully saturated rings. The number of carbonyl (C=O) groups excluding carboxylic acids is 1. The molecule has 0 saturated heterocycles. The predicted octanol–water partition coefficient (Wildman–Crippen LogP) is 2.57. The van der Waals surface area contributed by atoms with Crippen LogP contribution >= 0.6 is 0 Å². The van der Waals surface area contributed by atoms with Crippen LogP contribution in [0.15, 0.2) is 23.2 Å². The van der Waals surface area contributed by atoms with Gasteiger partial charge in [-0.15, -0.1) is 0 Å². The van der Waals surface area contributed by atoms with Gasteiger partial charge in [-0.05, 0) is 44.0 Å². The van der Waals surface area contributed by atoms with E-state index < -0.39 is 5.60 Å². The fourth-order valence-electron chi connectivity index (χ4n) is 1.57. The van der Waals surface area contributed by atoms with E-state index in [1.165, 1.54) is 0 Å². The van der Waals surface area contributed by atoms with Gasteiger partial charge in [0.05, 0.1) is 12.1 Å². The SMILES string of the molecule is CC(C)(C)OC(=O)c1ccc2c(c1)C=NC2. The van der Waals surface area contributed by atoms with Crippen molar-refractivity contribution in [3.63, 3.8) is 0 Å². The second kappa shape index (κ2) is 3.74. The summed E-state index contributed by atoms with van der Waals surface area (Å²) in [5.41, 5.74) is 2.31. The molecule has 3 heteroatoms. The Morgan fingerprint density at radius 3 is 2.81 bits per heavy atom. The Hall–Kier alpha value is -1.64. The van der Waals surface area contributed by atoms with E-state index in [9.17, 15) is 4.79 Å². The van der Waals surface area contributed by atoms with Gasteiger partial charge < -0.3 is 4.74 Å². The zero-order valence-corrected chi connectivity index (χ0v) is 9.78. The van der Waals surface area contributed by atoms with Crippen LogP contribution in [0.1, 0.15) is 42.3 Å². The average molecular weight is 217 g/mol. The van der Waals surface area contributed by atoms with E-state index in [4.69, 9.17) is 4.74 Å². The molecule has 84 valence electrons. The molecule has 1 aliphatic heterocycles. The van der Waals surface area contributed by atoms with Crippen molar-refractivity contribution in [1.82, 2.24) is 0 Å². The molecule has 3 nitrogen and oxygen atoms in total. The van der Waals surface area contributed by atoms with Crippen LogP contribution in [0.2, 0.25) is 0 Å². The summed E-state index contributed by atoms with van der Waals surface area (Å²) >= 11 is 0. The number of ether oxygens (including phenoxy) is 1. The maximum atomic E-state index is 11.8. The molecule has 1 aliphatic rings. The summed E-state index contributed by atoms with van der Waals surface area (Å²) in [6.07, 6.45) is 1.79. The molecule has 1 aromatic carbocycles. The quantitative estimate of drug-likeness (QED) is 0.678. The number of benzene rings is 1. The Kier molecular flexibility index (Phi) is 2.54. The molecular weight excluding hydrogens is 202 g/mol. The third kappa shape index (κ3) is 2.30. The molecule has 16 heavy (non-hydrogen) atoms. The first-order valence-electron chi connectivity index (χ1n) is 5.32. The van der Waals surface area contributed by atoms with Crippen LogP contribution in [0.3, 0.4) is 0 Å². The van der Waals surface area contributed by atoms with Crippen molar-refractivity contribution in [3.8, 4) is 0 Å². The summed E-state index contributed by atoms with van der Waals surface area (Å²) in [4.78, 5) is 15.9. The van der Waals surface area contributed by atoms with E-state index in [1.54, 1.807) is 12.3 Å². The van der Waals surface area contributed by atoms with Crippen molar-refractivity contribution in [2.75, 3.05) is 0 Å². The van der Waals surface area contributed by atoms with Crippen molar-refractivity contribution >= 4 is 12.2 Å². The van der Waals surface area contributed by atoms with E-state index in [-0.39, 0.29) is 5.97 Å². The van der Waals surface area contributed by atoms with Gasteiger partial charge in [0, 0.05) is 6.21 Å². The average Bonchev–Trinajstić information content (AvgIpc) is 2.61. The molecule has 0 unspecified atom stereocenters. The maximum Gasteiger partial charge on any atom is 0.338 e. The summed E-state index contributed by atoms with van der Waals surface area (Å²) in [6.45, 7) is 6.29. The second-order valence-corrected chi connectivity index (χ2v) is 4.89. The van der Waals surface area contributed by atoms with E-state index in [2.05, 4.69) is 4.99 Å². The van der Waals surface area contributed by atoms with Crippen molar-refractivity contribution in [1.29, 1.82) is 0 Å². The fraction of sp³-hybridized carbons (Fsp3) is 0.385. The van der Waals surface area contributed by atoms with Crippen molar-refractivity contribution in [2.45, 2.75) is 32.9 Å². The molecule has 0 aromatic heterocycles. The highest BCUT2D eigenvalue weighted by atomic mass is 16.6. The Balaban J connectivity index is 2.22. The molecule has 1 heterocycles. The van der Waals surface area contributed by atoms with Crippen LogP contribution in [0, 0.1) is 0 Å². The fourth-order valence-corrected chi connectivity index (χ4v) is 1.57. The lowest BCUT2D eigenvalue weighted by molar-refractivity contribution is 0.00695. The maximum absolute atomic E-state index is 11.8. The lowest BCUT2D eigenvalue weighted by Gasteiger charge is -2.19. The van der Waals surface area contributed by atoms with Crippen LogP contribution in [-0.2, 0) is 11.3 Å². The Morgan fingerprint density at radius 2 is 2.12 bits per heavy atom. The summed E-state index contributed by atoms with van der Waals surface area (Å²) in [5.74, 6) is -0.282. The number of carbonyl (C=O) groups is 1. The Bertz CT molecular complexity index is 455. The van der Waals surface area contributed by atoms with Gasteiger partial charge in [0.2, 0.25) is 0 Å². The van der Waals surface area contributed by atoms with Crippen LogP contribution in [-0.4, -0.2) is 17.8 Å². The van der Waals surface area contributed by atoms with Crippen LogP contribution in [0.5, 0.6) is 0 Å². The molecule has 0 spiro atoms. The number of hydrogen-bond acceptors (Lipinski definition) is 3. The van der Waals surface area contributed by atoms with E-state index in [0.717, 1.165) is 11.1 Å². The second-order valence-electron chi connectivity index (χ2n) is 4.89. The molecular formula is C13H15NO2. The standard InChI is InChI=1S/C13H15NO2/c1-13(2,3)16-12(15)9-4-5-10-7-14-8-11(10)6-9/h4-6,8H,7H2,1-3H3. The highest BCUT2D eigenvalue weighted by Gasteiger charge is 2.19. The molecule has 0 aliphatic carbocycles. The monoisotopic (exact) mass is 217 g/mol. The number of esters is 1. The Labute approximate surface area is 95.2 Å². The van der Waals surface area contributed by atoms with E-state index in [0.29, 0.717) is 12.1 Å². The molecule has 1 aromatic rings. The topological polar surface area (TPSA) is 38.7 Å². The van der Waals surface area contributed by atoms with Gasteiger partial charge in [0.15, 0.2) is 0 Å². The lowest BCUT2D eigenvalue weighted by Crippen LogP contribution is -2.23. The number of aliphatic imine (C=N–C) groups is 1. The molecule has 0 atom stereocenters. The number of hydrogen-bond donors (Lipinski definition) is 0. The summed E-state index contributed by atoms with van der Waals surface area (Å²) in [5, 5.41) is 0. The third-order valence-electron chi connectivity index (χ3n) is 2.27.